The lowest BCUT2D eigenvalue weighted by atomic mass is 10.1. The third-order valence-corrected chi connectivity index (χ3v) is 8.45. The van der Waals surface area contributed by atoms with E-state index in [1.165, 1.54) is 0 Å². The van der Waals surface area contributed by atoms with Gasteiger partial charge in [0.1, 0.15) is 6.61 Å². The van der Waals surface area contributed by atoms with Crippen LogP contribution < -0.4 is 5.73 Å². The van der Waals surface area contributed by atoms with Crippen molar-refractivity contribution < 1.29 is 37.6 Å². The molecule has 0 aliphatic carbocycles. The average Bonchev–Trinajstić information content (AvgIpc) is 3.14. The van der Waals surface area contributed by atoms with Crippen LogP contribution in [0.3, 0.4) is 0 Å². The van der Waals surface area contributed by atoms with Crippen LogP contribution in [0.2, 0.25) is 0 Å². The number of carbonyl (C=O) groups excluding carboxylic acids is 2. The van der Waals surface area contributed by atoms with Gasteiger partial charge in [-0.15, -0.1) is 0 Å². The number of carbonyl (C=O) groups is 2. The number of allylic oxidation sites excluding steroid dienone is 16. The molecule has 0 aliphatic rings. The number of nitrogens with two attached hydrogens (primary N) is 1. The molecule has 0 aromatic carbocycles. The highest BCUT2D eigenvalue weighted by Gasteiger charge is 2.25. The van der Waals surface area contributed by atoms with E-state index in [9.17, 15) is 19.0 Å². The van der Waals surface area contributed by atoms with Crippen LogP contribution in [0.25, 0.3) is 0 Å². The minimum atomic E-state index is -4.40. The summed E-state index contributed by atoms with van der Waals surface area (Å²) in [5, 5.41) is 0. The van der Waals surface area contributed by atoms with E-state index in [0.29, 0.717) is 19.3 Å². The standard InChI is InChI=1S/C43H70NO8P/c1-3-5-7-9-11-13-15-17-19-20-22-24-26-28-30-32-34-36-43(46)52-41(40-51-53(47,48)50-38-37-44)39-49-42(45)35-33-31-29-27-25-23-21-18-16-14-12-10-8-6-4-2/h5-8,11-14,17-19,21-22,24,28,30,41H,3-4,9-10,15-16,20,23,25-27,29,31-40,44H2,1-2H3,(H,47,48). The first-order valence-electron chi connectivity index (χ1n) is 19.7. The summed E-state index contributed by atoms with van der Waals surface area (Å²) in [5.74, 6) is -0.930. The van der Waals surface area contributed by atoms with Gasteiger partial charge in [-0.25, -0.2) is 4.57 Å². The maximum atomic E-state index is 12.5. The number of rotatable bonds is 35. The lowest BCUT2D eigenvalue weighted by Gasteiger charge is -2.19. The Hall–Kier alpha value is -3.07. The Morgan fingerprint density at radius 3 is 1.51 bits per heavy atom. The van der Waals surface area contributed by atoms with Gasteiger partial charge in [0.15, 0.2) is 6.10 Å². The fourth-order valence-corrected chi connectivity index (χ4v) is 5.39. The van der Waals surface area contributed by atoms with Gasteiger partial charge in [0.25, 0.3) is 0 Å². The molecule has 2 unspecified atom stereocenters. The topological polar surface area (TPSA) is 134 Å². The molecular weight excluding hydrogens is 689 g/mol. The number of ether oxygens (including phenoxy) is 2. The molecule has 10 heteroatoms. The molecule has 9 nitrogen and oxygen atoms in total. The molecule has 0 aromatic rings. The summed E-state index contributed by atoms with van der Waals surface area (Å²) in [6.07, 6.45) is 48.7. The number of unbranched alkanes of at least 4 members (excludes halogenated alkanes) is 6. The van der Waals surface area contributed by atoms with Crippen LogP contribution in [-0.4, -0.2) is 49.3 Å². The number of esters is 2. The van der Waals surface area contributed by atoms with Gasteiger partial charge in [-0.2, -0.15) is 0 Å². The van der Waals surface area contributed by atoms with E-state index >= 15 is 0 Å². The Bertz CT molecular complexity index is 1180. The number of hydrogen-bond acceptors (Lipinski definition) is 8. The first-order valence-corrected chi connectivity index (χ1v) is 21.2. The van der Waals surface area contributed by atoms with Gasteiger partial charge >= 0.3 is 19.8 Å². The molecule has 0 aliphatic heterocycles. The Morgan fingerprint density at radius 1 is 0.566 bits per heavy atom. The van der Waals surface area contributed by atoms with Crippen molar-refractivity contribution in [1.29, 1.82) is 0 Å². The molecule has 0 rings (SSSR count). The number of phosphoric ester groups is 1. The first-order chi connectivity index (χ1) is 25.8. The number of hydrogen-bond donors (Lipinski definition) is 2. The fourth-order valence-electron chi connectivity index (χ4n) is 4.62. The lowest BCUT2D eigenvalue weighted by molar-refractivity contribution is -0.161. The highest BCUT2D eigenvalue weighted by atomic mass is 31.2. The summed E-state index contributed by atoms with van der Waals surface area (Å²) < 4.78 is 32.6. The molecule has 0 heterocycles. The quantitative estimate of drug-likeness (QED) is 0.0280. The highest BCUT2D eigenvalue weighted by molar-refractivity contribution is 7.47. The van der Waals surface area contributed by atoms with Gasteiger partial charge in [0.2, 0.25) is 0 Å². The van der Waals surface area contributed by atoms with Gasteiger partial charge in [-0.05, 0) is 83.5 Å². The van der Waals surface area contributed by atoms with Gasteiger partial charge in [-0.1, -0.05) is 130 Å². The lowest BCUT2D eigenvalue weighted by Crippen LogP contribution is -2.29. The van der Waals surface area contributed by atoms with Crippen molar-refractivity contribution in [1.82, 2.24) is 0 Å². The van der Waals surface area contributed by atoms with Crippen molar-refractivity contribution in [2.45, 2.75) is 136 Å². The molecule has 0 radical (unpaired) electrons. The van der Waals surface area contributed by atoms with E-state index in [4.69, 9.17) is 24.3 Å². The first kappa shape index (κ1) is 49.9. The minimum absolute atomic E-state index is 0.0360. The van der Waals surface area contributed by atoms with Crippen LogP contribution in [0.4, 0.5) is 0 Å². The van der Waals surface area contributed by atoms with Crippen molar-refractivity contribution in [3.05, 3.63) is 97.2 Å². The molecule has 0 saturated heterocycles. The van der Waals surface area contributed by atoms with Crippen LogP contribution in [0.5, 0.6) is 0 Å². The molecule has 3 N–H and O–H groups in total. The third kappa shape index (κ3) is 38.5. The zero-order valence-electron chi connectivity index (χ0n) is 32.7. The maximum Gasteiger partial charge on any atom is 0.472 e. The van der Waals surface area contributed by atoms with Gasteiger partial charge in [0.05, 0.1) is 13.2 Å². The zero-order chi connectivity index (χ0) is 38.9. The molecule has 0 amide bonds. The van der Waals surface area contributed by atoms with E-state index < -0.39 is 32.5 Å². The van der Waals surface area contributed by atoms with E-state index in [0.717, 1.165) is 83.5 Å². The average molecular weight is 760 g/mol. The molecule has 0 spiro atoms. The van der Waals surface area contributed by atoms with Crippen molar-refractivity contribution in [2.24, 2.45) is 5.73 Å². The van der Waals surface area contributed by atoms with Crippen molar-refractivity contribution >= 4 is 19.8 Å². The zero-order valence-corrected chi connectivity index (χ0v) is 33.6. The van der Waals surface area contributed by atoms with Crippen LogP contribution in [0.1, 0.15) is 129 Å². The Morgan fingerprint density at radius 2 is 1.00 bits per heavy atom. The number of phosphoric acid groups is 1. The molecule has 0 aromatic heterocycles. The molecule has 0 bridgehead atoms. The van der Waals surface area contributed by atoms with Gasteiger partial charge in [-0.3, -0.25) is 18.6 Å². The second-order valence-corrected chi connectivity index (χ2v) is 13.8. The molecule has 0 fully saturated rings. The summed E-state index contributed by atoms with van der Waals surface area (Å²) in [4.78, 5) is 34.8. The SMILES string of the molecule is CCC=CCC=CCC=CCC=CCC=CCCCC(=O)OC(COC(=O)CCCCCCCC=CCC=CCC=CCC)COP(=O)(O)OCCN. The molecule has 53 heavy (non-hydrogen) atoms. The van der Waals surface area contributed by atoms with E-state index in [2.05, 4.69) is 105 Å². The van der Waals surface area contributed by atoms with Gasteiger partial charge < -0.3 is 20.1 Å². The molecule has 0 saturated carbocycles. The van der Waals surface area contributed by atoms with Crippen LogP contribution in [0.15, 0.2) is 97.2 Å². The van der Waals surface area contributed by atoms with E-state index in [-0.39, 0.29) is 32.6 Å². The van der Waals surface area contributed by atoms with Crippen LogP contribution in [-0.2, 0) is 32.7 Å². The summed E-state index contributed by atoms with van der Waals surface area (Å²) in [5.41, 5.74) is 5.33. The maximum absolute atomic E-state index is 12.5. The third-order valence-electron chi connectivity index (χ3n) is 7.47. The summed E-state index contributed by atoms with van der Waals surface area (Å²) in [6, 6.07) is 0. The van der Waals surface area contributed by atoms with Crippen LogP contribution in [0, 0.1) is 0 Å². The summed E-state index contributed by atoms with van der Waals surface area (Å²) in [7, 11) is -4.40. The molecule has 2 atom stereocenters. The van der Waals surface area contributed by atoms with Crippen molar-refractivity contribution in [2.75, 3.05) is 26.4 Å². The monoisotopic (exact) mass is 759 g/mol. The fraction of sp³-hybridized carbons (Fsp3) is 0.581. The van der Waals surface area contributed by atoms with Gasteiger partial charge in [0, 0.05) is 19.4 Å². The normalized spacial score (nSPS) is 14.4. The minimum Gasteiger partial charge on any atom is -0.462 e. The Labute approximate surface area is 321 Å². The predicted molar refractivity (Wildman–Crippen MR) is 219 cm³/mol. The summed E-state index contributed by atoms with van der Waals surface area (Å²) >= 11 is 0. The predicted octanol–water partition coefficient (Wildman–Crippen LogP) is 11.0. The van der Waals surface area contributed by atoms with E-state index in [1.54, 1.807) is 0 Å². The van der Waals surface area contributed by atoms with Crippen molar-refractivity contribution in [3.8, 4) is 0 Å². The van der Waals surface area contributed by atoms with Crippen molar-refractivity contribution in [3.63, 3.8) is 0 Å². The highest BCUT2D eigenvalue weighted by Crippen LogP contribution is 2.43. The summed E-state index contributed by atoms with van der Waals surface area (Å²) in [6.45, 7) is 3.38. The van der Waals surface area contributed by atoms with E-state index in [1.807, 2.05) is 6.08 Å². The molecule has 300 valence electrons. The Kier molecular flexibility index (Phi) is 36.4. The second-order valence-electron chi connectivity index (χ2n) is 12.4. The smallest absolute Gasteiger partial charge is 0.462 e. The second kappa shape index (κ2) is 38.6. The largest absolute Gasteiger partial charge is 0.472 e. The van der Waals surface area contributed by atoms with Crippen LogP contribution >= 0.6 is 7.82 Å². The molecular formula is C43H70NO8P. The Balaban J connectivity index is 4.36.